The van der Waals surface area contributed by atoms with Crippen LogP contribution in [0.3, 0.4) is 0 Å². The number of esters is 1. The lowest BCUT2D eigenvalue weighted by Gasteiger charge is -2.07. The smallest absolute Gasteiger partial charge is 0.343 e. The molecule has 0 radical (unpaired) electrons. The monoisotopic (exact) mass is 378 g/mol. The van der Waals surface area contributed by atoms with E-state index in [1.54, 1.807) is 36.4 Å². The molecule has 0 aliphatic carbocycles. The molecule has 0 amide bonds. The third-order valence-electron chi connectivity index (χ3n) is 4.59. The number of ketones is 1. The fourth-order valence-electron chi connectivity index (χ4n) is 3.03. The zero-order valence-corrected chi connectivity index (χ0v) is 15.6. The van der Waals surface area contributed by atoms with Gasteiger partial charge in [-0.3, -0.25) is 4.79 Å². The number of ether oxygens (including phenoxy) is 1. The van der Waals surface area contributed by atoms with Crippen molar-refractivity contribution in [2.45, 2.75) is 0 Å². The Labute approximate surface area is 169 Å². The molecule has 0 saturated carbocycles. The highest BCUT2D eigenvalue weighted by atomic mass is 16.5. The second-order valence-electron chi connectivity index (χ2n) is 6.55. The first-order valence-electron chi connectivity index (χ1n) is 9.28. The van der Waals surface area contributed by atoms with Gasteiger partial charge in [-0.1, -0.05) is 84.9 Å². The first kappa shape index (κ1) is 18.4. The van der Waals surface area contributed by atoms with E-state index >= 15 is 0 Å². The Kier molecular flexibility index (Phi) is 5.30. The maximum absolute atomic E-state index is 12.5. The number of rotatable bonds is 5. The third-order valence-corrected chi connectivity index (χ3v) is 4.59. The van der Waals surface area contributed by atoms with Gasteiger partial charge in [-0.15, -0.1) is 0 Å². The number of carbonyl (C=O) groups excluding carboxylic acids is 2. The maximum Gasteiger partial charge on any atom is 0.343 e. The molecule has 3 nitrogen and oxygen atoms in total. The molecule has 0 saturated heterocycles. The minimum absolute atomic E-state index is 0.000298. The van der Waals surface area contributed by atoms with Crippen LogP contribution in [0.15, 0.2) is 109 Å². The van der Waals surface area contributed by atoms with E-state index in [9.17, 15) is 9.59 Å². The largest absolute Gasteiger partial charge is 0.423 e. The molecule has 3 heteroatoms. The molecule has 0 heterocycles. The van der Waals surface area contributed by atoms with E-state index in [0.717, 1.165) is 11.1 Å². The standard InChI is InChI=1S/C26H18O3/c27-25(21-7-3-1-4-8-21)22-13-11-19(12-14-22)20-15-17-24(18-16-20)29-26(28)23-9-5-2-6-10-23/h1-18H. The van der Waals surface area contributed by atoms with Crippen LogP contribution >= 0.6 is 0 Å². The van der Waals surface area contributed by atoms with Gasteiger partial charge in [-0.2, -0.15) is 0 Å². The van der Waals surface area contributed by atoms with Crippen molar-refractivity contribution in [3.63, 3.8) is 0 Å². The predicted molar refractivity (Wildman–Crippen MR) is 113 cm³/mol. The summed E-state index contributed by atoms with van der Waals surface area (Å²) in [4.78, 5) is 24.6. The molecule has 0 aliphatic rings. The van der Waals surface area contributed by atoms with Crippen LogP contribution < -0.4 is 4.74 Å². The quantitative estimate of drug-likeness (QED) is 0.250. The number of carbonyl (C=O) groups is 2. The Bertz CT molecular complexity index is 1110. The second kappa shape index (κ2) is 8.36. The maximum atomic E-state index is 12.5. The molecule has 0 unspecified atom stereocenters. The van der Waals surface area contributed by atoms with Gasteiger partial charge in [-0.25, -0.2) is 4.79 Å². The summed E-state index contributed by atoms with van der Waals surface area (Å²) in [6.45, 7) is 0. The summed E-state index contributed by atoms with van der Waals surface area (Å²) >= 11 is 0. The molecule has 0 aliphatic heterocycles. The van der Waals surface area contributed by atoms with Crippen molar-refractivity contribution in [1.82, 2.24) is 0 Å². The summed E-state index contributed by atoms with van der Waals surface area (Å²) in [5.74, 6) is 0.0981. The van der Waals surface area contributed by atoms with Gasteiger partial charge in [0, 0.05) is 11.1 Å². The highest BCUT2D eigenvalue weighted by Crippen LogP contribution is 2.24. The molecule has 4 rings (SSSR count). The van der Waals surface area contributed by atoms with E-state index in [-0.39, 0.29) is 11.8 Å². The Morgan fingerprint density at radius 1 is 0.483 bits per heavy atom. The average Bonchev–Trinajstić information content (AvgIpc) is 2.80. The summed E-state index contributed by atoms with van der Waals surface area (Å²) in [5.41, 5.74) is 3.78. The summed E-state index contributed by atoms with van der Waals surface area (Å²) in [6, 6.07) is 32.9. The molecular formula is C26H18O3. The zero-order chi connectivity index (χ0) is 20.1. The van der Waals surface area contributed by atoms with Gasteiger partial charge < -0.3 is 4.74 Å². The number of hydrogen-bond acceptors (Lipinski definition) is 3. The van der Waals surface area contributed by atoms with Gasteiger partial charge in [0.15, 0.2) is 5.78 Å². The topological polar surface area (TPSA) is 43.4 Å². The first-order valence-corrected chi connectivity index (χ1v) is 9.28. The van der Waals surface area contributed by atoms with Crippen LogP contribution in [0.1, 0.15) is 26.3 Å². The van der Waals surface area contributed by atoms with Crippen LogP contribution in [-0.2, 0) is 0 Å². The molecule has 0 aromatic heterocycles. The van der Waals surface area contributed by atoms with Crippen LogP contribution in [0.4, 0.5) is 0 Å². The van der Waals surface area contributed by atoms with Crippen molar-refractivity contribution in [3.05, 3.63) is 126 Å². The minimum Gasteiger partial charge on any atom is -0.423 e. The number of benzene rings is 4. The number of hydrogen-bond donors (Lipinski definition) is 0. The van der Waals surface area contributed by atoms with Gasteiger partial charge in [0.1, 0.15) is 5.75 Å². The highest BCUT2D eigenvalue weighted by Gasteiger charge is 2.10. The summed E-state index contributed by atoms with van der Waals surface area (Å²) in [7, 11) is 0. The van der Waals surface area contributed by atoms with E-state index in [0.29, 0.717) is 22.4 Å². The Balaban J connectivity index is 1.46. The third kappa shape index (κ3) is 4.30. The Morgan fingerprint density at radius 3 is 1.48 bits per heavy atom. The van der Waals surface area contributed by atoms with Crippen LogP contribution in [0.2, 0.25) is 0 Å². The fraction of sp³-hybridized carbons (Fsp3) is 0. The van der Waals surface area contributed by atoms with Crippen molar-refractivity contribution in [3.8, 4) is 16.9 Å². The van der Waals surface area contributed by atoms with E-state index < -0.39 is 0 Å². The lowest BCUT2D eigenvalue weighted by atomic mass is 9.99. The van der Waals surface area contributed by atoms with Gasteiger partial charge >= 0.3 is 5.97 Å². The molecule has 140 valence electrons. The molecule has 0 spiro atoms. The van der Waals surface area contributed by atoms with Crippen LogP contribution in [0.25, 0.3) is 11.1 Å². The SMILES string of the molecule is O=C(Oc1ccc(-c2ccc(C(=O)c3ccccc3)cc2)cc1)c1ccccc1. The predicted octanol–water partition coefficient (Wildman–Crippen LogP) is 5.80. The lowest BCUT2D eigenvalue weighted by Crippen LogP contribution is -2.07. The molecule has 29 heavy (non-hydrogen) atoms. The van der Waals surface area contributed by atoms with Gasteiger partial charge in [-0.05, 0) is 35.4 Å². The highest BCUT2D eigenvalue weighted by molar-refractivity contribution is 6.09. The molecule has 4 aromatic carbocycles. The molecule has 0 fully saturated rings. The average molecular weight is 378 g/mol. The van der Waals surface area contributed by atoms with Crippen molar-refractivity contribution >= 4 is 11.8 Å². The van der Waals surface area contributed by atoms with Crippen molar-refractivity contribution < 1.29 is 14.3 Å². The molecule has 4 aromatic rings. The van der Waals surface area contributed by atoms with Crippen LogP contribution in [0, 0.1) is 0 Å². The van der Waals surface area contributed by atoms with Gasteiger partial charge in [0.05, 0.1) is 5.56 Å². The van der Waals surface area contributed by atoms with E-state index in [1.807, 2.05) is 72.8 Å². The van der Waals surface area contributed by atoms with E-state index in [1.165, 1.54) is 0 Å². The van der Waals surface area contributed by atoms with Crippen molar-refractivity contribution in [1.29, 1.82) is 0 Å². The minimum atomic E-state index is -0.387. The molecule has 0 N–H and O–H groups in total. The Hall–Kier alpha value is -3.98. The van der Waals surface area contributed by atoms with Crippen molar-refractivity contribution in [2.24, 2.45) is 0 Å². The van der Waals surface area contributed by atoms with Gasteiger partial charge in [0.2, 0.25) is 0 Å². The lowest BCUT2D eigenvalue weighted by molar-refractivity contribution is 0.0734. The first-order chi connectivity index (χ1) is 14.2. The molecule has 0 bridgehead atoms. The van der Waals surface area contributed by atoms with E-state index in [2.05, 4.69) is 0 Å². The van der Waals surface area contributed by atoms with Gasteiger partial charge in [0.25, 0.3) is 0 Å². The van der Waals surface area contributed by atoms with Crippen LogP contribution in [0.5, 0.6) is 5.75 Å². The molecule has 0 atom stereocenters. The Morgan fingerprint density at radius 2 is 0.931 bits per heavy atom. The summed E-state index contributed by atoms with van der Waals surface area (Å²) < 4.78 is 5.41. The van der Waals surface area contributed by atoms with Crippen LogP contribution in [-0.4, -0.2) is 11.8 Å². The summed E-state index contributed by atoms with van der Waals surface area (Å²) in [6.07, 6.45) is 0. The fourth-order valence-corrected chi connectivity index (χ4v) is 3.03. The van der Waals surface area contributed by atoms with E-state index in [4.69, 9.17) is 4.74 Å². The second-order valence-corrected chi connectivity index (χ2v) is 6.55. The molecular weight excluding hydrogens is 360 g/mol. The summed E-state index contributed by atoms with van der Waals surface area (Å²) in [5, 5.41) is 0. The zero-order valence-electron chi connectivity index (χ0n) is 15.6. The normalized spacial score (nSPS) is 10.3. The van der Waals surface area contributed by atoms with Crippen molar-refractivity contribution in [2.75, 3.05) is 0 Å².